The summed E-state index contributed by atoms with van der Waals surface area (Å²) in [5.41, 5.74) is 0.200. The third-order valence-electron chi connectivity index (χ3n) is 3.94. The standard InChI is InChI=1S/C16H23ClN2O2/c1-3-21-15(20)16(8-5-10-19(2)11-9-16)18-14-7-4-6-13(17)12-14/h4,6-7,12,18H,3,5,8-11H2,1-2H3. The van der Waals surface area contributed by atoms with Gasteiger partial charge in [0, 0.05) is 17.3 Å². The van der Waals surface area contributed by atoms with Crippen LogP contribution in [0.2, 0.25) is 5.02 Å². The zero-order valence-corrected chi connectivity index (χ0v) is 13.4. The molecule has 1 unspecified atom stereocenters. The Morgan fingerprint density at radius 2 is 2.24 bits per heavy atom. The molecule has 1 aromatic carbocycles. The van der Waals surface area contributed by atoms with Crippen LogP contribution in [0.25, 0.3) is 0 Å². The van der Waals surface area contributed by atoms with Crippen LogP contribution >= 0.6 is 11.6 Å². The van der Waals surface area contributed by atoms with Gasteiger partial charge in [0.1, 0.15) is 5.54 Å². The van der Waals surface area contributed by atoms with E-state index < -0.39 is 5.54 Å². The van der Waals surface area contributed by atoms with Gasteiger partial charge < -0.3 is 15.0 Å². The van der Waals surface area contributed by atoms with E-state index in [1.165, 1.54) is 0 Å². The Balaban J connectivity index is 2.24. The van der Waals surface area contributed by atoms with E-state index in [2.05, 4.69) is 17.3 Å². The molecule has 1 aliphatic rings. The first-order chi connectivity index (χ1) is 10.1. The van der Waals surface area contributed by atoms with Gasteiger partial charge in [-0.1, -0.05) is 17.7 Å². The van der Waals surface area contributed by atoms with Gasteiger partial charge in [0.25, 0.3) is 0 Å². The van der Waals surface area contributed by atoms with Crippen LogP contribution in [-0.2, 0) is 9.53 Å². The summed E-state index contributed by atoms with van der Waals surface area (Å²) < 4.78 is 5.33. The molecule has 116 valence electrons. The van der Waals surface area contributed by atoms with Crippen molar-refractivity contribution in [3.05, 3.63) is 29.3 Å². The maximum absolute atomic E-state index is 12.5. The maximum atomic E-state index is 12.5. The Labute approximate surface area is 131 Å². The summed E-state index contributed by atoms with van der Waals surface area (Å²) in [7, 11) is 2.08. The van der Waals surface area contributed by atoms with Crippen LogP contribution in [-0.4, -0.2) is 43.2 Å². The molecule has 1 aromatic rings. The lowest BCUT2D eigenvalue weighted by Gasteiger charge is -2.32. The van der Waals surface area contributed by atoms with Gasteiger partial charge in [-0.15, -0.1) is 0 Å². The van der Waals surface area contributed by atoms with Crippen LogP contribution in [0.1, 0.15) is 26.2 Å². The molecular weight excluding hydrogens is 288 g/mol. The van der Waals surface area contributed by atoms with Crippen molar-refractivity contribution in [2.75, 3.05) is 32.1 Å². The fourth-order valence-electron chi connectivity index (χ4n) is 2.76. The second kappa shape index (κ2) is 7.14. The molecule has 1 N–H and O–H groups in total. The van der Waals surface area contributed by atoms with Gasteiger partial charge in [-0.05, 0) is 58.0 Å². The first-order valence-electron chi connectivity index (χ1n) is 7.45. The molecule has 0 amide bonds. The molecule has 0 aromatic heterocycles. The molecule has 0 radical (unpaired) electrons. The fourth-order valence-corrected chi connectivity index (χ4v) is 2.95. The Morgan fingerprint density at radius 3 is 2.95 bits per heavy atom. The molecule has 5 heteroatoms. The summed E-state index contributed by atoms with van der Waals surface area (Å²) in [5.74, 6) is -0.166. The zero-order chi connectivity index (χ0) is 15.3. The van der Waals surface area contributed by atoms with E-state index in [4.69, 9.17) is 16.3 Å². The number of carbonyl (C=O) groups excluding carboxylic acids is 1. The molecule has 1 saturated heterocycles. The Hall–Kier alpha value is -1.26. The minimum absolute atomic E-state index is 0.166. The molecule has 1 heterocycles. The van der Waals surface area contributed by atoms with E-state index in [1.807, 2.05) is 31.2 Å². The van der Waals surface area contributed by atoms with Crippen LogP contribution in [0.3, 0.4) is 0 Å². The number of benzene rings is 1. The molecule has 0 aliphatic carbocycles. The summed E-state index contributed by atoms with van der Waals surface area (Å²) in [5, 5.41) is 4.05. The number of hydrogen-bond donors (Lipinski definition) is 1. The molecule has 4 nitrogen and oxygen atoms in total. The number of hydrogen-bond acceptors (Lipinski definition) is 4. The molecule has 1 fully saturated rings. The monoisotopic (exact) mass is 310 g/mol. The van der Waals surface area contributed by atoms with Crippen LogP contribution in [0.5, 0.6) is 0 Å². The van der Waals surface area contributed by atoms with Crippen molar-refractivity contribution in [3.63, 3.8) is 0 Å². The number of halogens is 1. The minimum Gasteiger partial charge on any atom is -0.464 e. The number of rotatable bonds is 4. The zero-order valence-electron chi connectivity index (χ0n) is 12.7. The average Bonchev–Trinajstić information content (AvgIpc) is 2.62. The summed E-state index contributed by atoms with van der Waals surface area (Å²) in [6, 6.07) is 7.48. The number of anilines is 1. The molecule has 1 atom stereocenters. The van der Waals surface area contributed by atoms with Gasteiger partial charge in [-0.2, -0.15) is 0 Å². The van der Waals surface area contributed by atoms with E-state index in [-0.39, 0.29) is 5.97 Å². The molecule has 1 aliphatic heterocycles. The normalized spacial score (nSPS) is 23.4. The quantitative estimate of drug-likeness (QED) is 0.867. The lowest BCUT2D eigenvalue weighted by molar-refractivity contribution is -0.149. The molecule has 21 heavy (non-hydrogen) atoms. The average molecular weight is 311 g/mol. The lowest BCUT2D eigenvalue weighted by atomic mass is 9.90. The summed E-state index contributed by atoms with van der Waals surface area (Å²) in [6.45, 7) is 4.10. The summed E-state index contributed by atoms with van der Waals surface area (Å²) in [6.07, 6.45) is 2.46. The van der Waals surface area contributed by atoms with Crippen molar-refractivity contribution in [3.8, 4) is 0 Å². The lowest BCUT2D eigenvalue weighted by Crippen LogP contribution is -2.48. The number of ether oxygens (including phenoxy) is 1. The van der Waals surface area contributed by atoms with Gasteiger partial charge in [0.05, 0.1) is 6.61 Å². The number of carbonyl (C=O) groups is 1. The second-order valence-electron chi connectivity index (χ2n) is 5.59. The highest BCUT2D eigenvalue weighted by atomic mass is 35.5. The minimum atomic E-state index is -0.661. The largest absolute Gasteiger partial charge is 0.464 e. The molecule has 2 rings (SSSR count). The van der Waals surface area contributed by atoms with Crippen LogP contribution in [0.15, 0.2) is 24.3 Å². The summed E-state index contributed by atoms with van der Waals surface area (Å²) in [4.78, 5) is 14.8. The predicted molar refractivity (Wildman–Crippen MR) is 85.8 cm³/mol. The smallest absolute Gasteiger partial charge is 0.331 e. The molecule has 0 saturated carbocycles. The van der Waals surface area contributed by atoms with Gasteiger partial charge in [0.2, 0.25) is 0 Å². The van der Waals surface area contributed by atoms with Crippen LogP contribution in [0, 0.1) is 0 Å². The Bertz CT molecular complexity index is 495. The predicted octanol–water partition coefficient (Wildman–Crippen LogP) is 3.17. The van der Waals surface area contributed by atoms with Gasteiger partial charge >= 0.3 is 5.97 Å². The van der Waals surface area contributed by atoms with E-state index in [1.54, 1.807) is 0 Å². The Kier molecular flexibility index (Phi) is 5.48. The van der Waals surface area contributed by atoms with Crippen molar-refractivity contribution < 1.29 is 9.53 Å². The fraction of sp³-hybridized carbons (Fsp3) is 0.562. The number of esters is 1. The molecular formula is C16H23ClN2O2. The molecule has 0 spiro atoms. The second-order valence-corrected chi connectivity index (χ2v) is 6.03. The first kappa shape index (κ1) is 16.1. The van der Waals surface area contributed by atoms with E-state index >= 15 is 0 Å². The van der Waals surface area contributed by atoms with E-state index in [0.717, 1.165) is 38.0 Å². The van der Waals surface area contributed by atoms with Crippen molar-refractivity contribution >= 4 is 23.3 Å². The number of likely N-dealkylation sites (tertiary alicyclic amines) is 1. The first-order valence-corrected chi connectivity index (χ1v) is 7.83. The SMILES string of the molecule is CCOC(=O)C1(Nc2cccc(Cl)c2)CCCN(C)CC1. The number of nitrogens with one attached hydrogen (secondary N) is 1. The van der Waals surface area contributed by atoms with E-state index in [9.17, 15) is 4.79 Å². The van der Waals surface area contributed by atoms with Crippen molar-refractivity contribution in [1.82, 2.24) is 4.90 Å². The third kappa shape index (κ3) is 4.11. The highest BCUT2D eigenvalue weighted by Crippen LogP contribution is 2.29. The van der Waals surface area contributed by atoms with Gasteiger partial charge in [-0.25, -0.2) is 4.79 Å². The van der Waals surface area contributed by atoms with Crippen LogP contribution < -0.4 is 5.32 Å². The topological polar surface area (TPSA) is 41.6 Å². The van der Waals surface area contributed by atoms with Gasteiger partial charge in [0.15, 0.2) is 0 Å². The maximum Gasteiger partial charge on any atom is 0.331 e. The van der Waals surface area contributed by atoms with Crippen molar-refractivity contribution in [2.24, 2.45) is 0 Å². The van der Waals surface area contributed by atoms with Gasteiger partial charge in [-0.3, -0.25) is 0 Å². The van der Waals surface area contributed by atoms with Crippen LogP contribution in [0.4, 0.5) is 5.69 Å². The van der Waals surface area contributed by atoms with E-state index in [0.29, 0.717) is 11.6 Å². The highest BCUT2D eigenvalue weighted by Gasteiger charge is 2.40. The highest BCUT2D eigenvalue weighted by molar-refractivity contribution is 6.30. The Morgan fingerprint density at radius 1 is 1.43 bits per heavy atom. The summed E-state index contributed by atoms with van der Waals surface area (Å²) >= 11 is 6.04. The van der Waals surface area contributed by atoms with Crippen molar-refractivity contribution in [2.45, 2.75) is 31.7 Å². The molecule has 0 bridgehead atoms. The van der Waals surface area contributed by atoms with Crippen molar-refractivity contribution in [1.29, 1.82) is 0 Å². The third-order valence-corrected chi connectivity index (χ3v) is 4.17. The number of nitrogens with zero attached hydrogens (tertiary/aromatic N) is 1.